The number of carbonyl (C=O) groups is 1. The Labute approximate surface area is 159 Å². The maximum absolute atomic E-state index is 11.6. The molecule has 142 valence electrons. The Morgan fingerprint density at radius 2 is 1.73 bits per heavy atom. The molecule has 2 aliphatic heterocycles. The third-order valence-electron chi connectivity index (χ3n) is 5.36. The van der Waals surface area contributed by atoms with E-state index in [4.69, 9.17) is 25.6 Å². The van der Waals surface area contributed by atoms with E-state index in [9.17, 15) is 9.90 Å². The first-order valence-corrected chi connectivity index (χ1v) is 9.04. The van der Waals surface area contributed by atoms with Crippen LogP contribution in [0, 0.1) is 0 Å². The molecule has 2 heterocycles. The van der Waals surface area contributed by atoms with E-state index in [0.717, 1.165) is 5.56 Å². The zero-order valence-electron chi connectivity index (χ0n) is 15.9. The molecule has 26 heavy (non-hydrogen) atoms. The maximum atomic E-state index is 11.6. The molecule has 3 rings (SSSR count). The second-order valence-corrected chi connectivity index (χ2v) is 8.79. The number of ether oxygens (including phenoxy) is 1. The van der Waals surface area contributed by atoms with Gasteiger partial charge >= 0.3 is 13.1 Å². The van der Waals surface area contributed by atoms with Crippen molar-refractivity contribution < 1.29 is 23.9 Å². The molecule has 2 saturated heterocycles. The van der Waals surface area contributed by atoms with Crippen LogP contribution in [-0.4, -0.2) is 41.2 Å². The Kier molecular flexibility index (Phi) is 4.69. The summed E-state index contributed by atoms with van der Waals surface area (Å²) in [7, 11) is -0.619. The van der Waals surface area contributed by atoms with E-state index in [1.165, 1.54) is 0 Å². The van der Waals surface area contributed by atoms with Crippen LogP contribution in [0.25, 0.3) is 0 Å². The summed E-state index contributed by atoms with van der Waals surface area (Å²) in [4.78, 5) is 11.6. The molecular formula is C18H25BClNO5. The van der Waals surface area contributed by atoms with E-state index in [2.05, 4.69) is 5.32 Å². The molecule has 0 amide bonds. The molecule has 2 unspecified atom stereocenters. The van der Waals surface area contributed by atoms with Gasteiger partial charge in [-0.25, -0.2) is 4.79 Å². The second kappa shape index (κ2) is 6.21. The van der Waals surface area contributed by atoms with Crippen molar-refractivity contribution in [2.75, 3.05) is 0 Å². The van der Waals surface area contributed by atoms with Crippen molar-refractivity contribution in [3.8, 4) is 0 Å². The van der Waals surface area contributed by atoms with Gasteiger partial charge < -0.3 is 19.2 Å². The highest BCUT2D eigenvalue weighted by Crippen LogP contribution is 2.38. The summed E-state index contributed by atoms with van der Waals surface area (Å²) in [6.45, 7) is 11.5. The summed E-state index contributed by atoms with van der Waals surface area (Å²) in [6, 6.07) is 4.88. The average Bonchev–Trinajstić information content (AvgIpc) is 2.92. The number of carboxylic acid groups (broad SMARTS) is 1. The van der Waals surface area contributed by atoms with Gasteiger partial charge in [0, 0.05) is 10.5 Å². The van der Waals surface area contributed by atoms with Crippen LogP contribution in [0.3, 0.4) is 0 Å². The number of nitrogens with one attached hydrogen (secondary N) is 1. The van der Waals surface area contributed by atoms with Gasteiger partial charge in [-0.3, -0.25) is 5.32 Å². The number of benzene rings is 1. The fourth-order valence-electron chi connectivity index (χ4n) is 3.23. The predicted molar refractivity (Wildman–Crippen MR) is 99.6 cm³/mol. The Morgan fingerprint density at radius 1 is 1.15 bits per heavy atom. The molecule has 2 fully saturated rings. The van der Waals surface area contributed by atoms with E-state index in [1.54, 1.807) is 26.0 Å². The number of hydrogen-bond donors (Lipinski definition) is 2. The summed E-state index contributed by atoms with van der Waals surface area (Å²) in [5, 5.41) is 13.2. The highest BCUT2D eigenvalue weighted by atomic mass is 35.5. The van der Waals surface area contributed by atoms with Crippen LogP contribution in [0.4, 0.5) is 0 Å². The van der Waals surface area contributed by atoms with Crippen LogP contribution in [-0.2, 0) is 18.8 Å². The summed E-state index contributed by atoms with van der Waals surface area (Å²) in [6.07, 6.45) is -0.989. The average molecular weight is 382 g/mol. The van der Waals surface area contributed by atoms with Crippen molar-refractivity contribution in [1.82, 2.24) is 5.32 Å². The highest BCUT2D eigenvalue weighted by molar-refractivity contribution is 6.65. The SMILES string of the molecule is CC1(C)NC(c2ccc(Cl)c(B3OC(C)(C)C(C)(C)O3)c2)C(C(=O)O)O1. The summed E-state index contributed by atoms with van der Waals surface area (Å²) < 4.78 is 17.8. The van der Waals surface area contributed by atoms with E-state index in [1.807, 2.05) is 33.8 Å². The molecule has 1 aromatic carbocycles. The van der Waals surface area contributed by atoms with Gasteiger partial charge in [0.15, 0.2) is 6.10 Å². The minimum atomic E-state index is -1.01. The molecule has 0 aromatic heterocycles. The van der Waals surface area contributed by atoms with Crippen molar-refractivity contribution in [3.05, 3.63) is 28.8 Å². The molecule has 1 aromatic rings. The van der Waals surface area contributed by atoms with Gasteiger partial charge in [0.05, 0.1) is 17.2 Å². The largest absolute Gasteiger partial charge is 0.496 e. The van der Waals surface area contributed by atoms with Gasteiger partial charge in [-0.05, 0) is 53.2 Å². The molecule has 0 radical (unpaired) electrons. The molecule has 8 heteroatoms. The van der Waals surface area contributed by atoms with E-state index < -0.39 is 42.2 Å². The van der Waals surface area contributed by atoms with Crippen molar-refractivity contribution in [2.24, 2.45) is 0 Å². The van der Waals surface area contributed by atoms with Crippen molar-refractivity contribution in [3.63, 3.8) is 0 Å². The smallest absolute Gasteiger partial charge is 0.479 e. The highest BCUT2D eigenvalue weighted by Gasteiger charge is 2.52. The number of halogens is 1. The van der Waals surface area contributed by atoms with Crippen LogP contribution in [0.2, 0.25) is 5.02 Å². The maximum Gasteiger partial charge on any atom is 0.496 e. The lowest BCUT2D eigenvalue weighted by Gasteiger charge is -2.32. The molecule has 6 nitrogen and oxygen atoms in total. The molecule has 0 saturated carbocycles. The summed E-state index contributed by atoms with van der Waals surface area (Å²) in [5.41, 5.74) is -0.275. The van der Waals surface area contributed by atoms with Gasteiger partial charge in [-0.1, -0.05) is 23.7 Å². The van der Waals surface area contributed by atoms with E-state index >= 15 is 0 Å². The number of carboxylic acids is 1. The topological polar surface area (TPSA) is 77.0 Å². The lowest BCUT2D eigenvalue weighted by Crippen LogP contribution is -2.41. The minimum Gasteiger partial charge on any atom is -0.479 e. The fraction of sp³-hybridized carbons (Fsp3) is 0.611. The molecular weight excluding hydrogens is 356 g/mol. The van der Waals surface area contributed by atoms with Crippen molar-refractivity contribution >= 4 is 30.2 Å². The van der Waals surface area contributed by atoms with Crippen LogP contribution in [0.15, 0.2) is 18.2 Å². The molecule has 2 aliphatic rings. The van der Waals surface area contributed by atoms with Crippen LogP contribution in [0.5, 0.6) is 0 Å². The second-order valence-electron chi connectivity index (χ2n) is 8.38. The fourth-order valence-corrected chi connectivity index (χ4v) is 3.43. The van der Waals surface area contributed by atoms with Gasteiger partial charge in [0.1, 0.15) is 5.72 Å². The molecule has 0 bridgehead atoms. The third kappa shape index (κ3) is 3.39. The Morgan fingerprint density at radius 3 is 2.27 bits per heavy atom. The monoisotopic (exact) mass is 381 g/mol. The number of aliphatic carboxylic acids is 1. The van der Waals surface area contributed by atoms with E-state index in [0.29, 0.717) is 10.5 Å². The van der Waals surface area contributed by atoms with Gasteiger partial charge in [-0.15, -0.1) is 0 Å². The predicted octanol–water partition coefficient (Wildman–Crippen LogP) is 2.49. The first kappa shape index (κ1) is 19.6. The molecule has 2 atom stereocenters. The lowest BCUT2D eigenvalue weighted by molar-refractivity contribution is -0.153. The standard InChI is InChI=1S/C18H25BClNO5/c1-16(2)17(3,4)26-19(25-16)11-9-10(7-8-12(11)20)13-14(15(22)23)24-18(5,6)21-13/h7-9,13-14,21H,1-6H3,(H,22,23). The molecule has 0 aliphatic carbocycles. The number of rotatable bonds is 3. The van der Waals surface area contributed by atoms with Crippen LogP contribution in [0.1, 0.15) is 53.1 Å². The molecule has 0 spiro atoms. The normalized spacial score (nSPS) is 29.1. The van der Waals surface area contributed by atoms with Crippen LogP contribution >= 0.6 is 11.6 Å². The van der Waals surface area contributed by atoms with Crippen LogP contribution < -0.4 is 10.8 Å². The van der Waals surface area contributed by atoms with Crippen molar-refractivity contribution in [1.29, 1.82) is 0 Å². The quantitative estimate of drug-likeness (QED) is 0.783. The van der Waals surface area contributed by atoms with Gasteiger partial charge in [-0.2, -0.15) is 0 Å². The minimum absolute atomic E-state index is 0.489. The Hall–Kier alpha value is -1.12. The van der Waals surface area contributed by atoms with E-state index in [-0.39, 0.29) is 0 Å². The summed E-state index contributed by atoms with van der Waals surface area (Å²) >= 11 is 6.40. The zero-order valence-corrected chi connectivity index (χ0v) is 16.7. The zero-order chi connectivity index (χ0) is 19.5. The Balaban J connectivity index is 1.95. The number of hydrogen-bond acceptors (Lipinski definition) is 5. The van der Waals surface area contributed by atoms with Crippen molar-refractivity contribution in [2.45, 2.75) is 70.6 Å². The molecule has 2 N–H and O–H groups in total. The third-order valence-corrected chi connectivity index (χ3v) is 5.70. The van der Waals surface area contributed by atoms with Gasteiger partial charge in [0.2, 0.25) is 0 Å². The Bertz CT molecular complexity index is 720. The first-order chi connectivity index (χ1) is 11.8. The first-order valence-electron chi connectivity index (χ1n) is 8.66. The van der Waals surface area contributed by atoms with Gasteiger partial charge in [0.25, 0.3) is 0 Å². The lowest BCUT2D eigenvalue weighted by atomic mass is 9.77. The summed E-state index contributed by atoms with van der Waals surface area (Å²) in [5.74, 6) is -1.01.